The first kappa shape index (κ1) is 24.3. The fourth-order valence-electron chi connectivity index (χ4n) is 2.61. The van der Waals surface area contributed by atoms with Gasteiger partial charge in [0.05, 0.1) is 23.2 Å². The van der Waals surface area contributed by atoms with E-state index in [1.54, 1.807) is 23.5 Å². The van der Waals surface area contributed by atoms with Crippen LogP contribution in [0.4, 0.5) is 4.39 Å². The van der Waals surface area contributed by atoms with Crippen LogP contribution < -0.4 is 16.4 Å². The molecule has 2 aromatic rings. The molecule has 0 radical (unpaired) electrons. The minimum absolute atomic E-state index is 0. The summed E-state index contributed by atoms with van der Waals surface area (Å²) in [5.41, 5.74) is 7.39. The quantitative estimate of drug-likeness (QED) is 0.284. The summed E-state index contributed by atoms with van der Waals surface area (Å²) in [6.07, 6.45) is 0.440. The number of guanidine groups is 1. The van der Waals surface area contributed by atoms with Crippen molar-refractivity contribution in [2.24, 2.45) is 16.6 Å². The third kappa shape index (κ3) is 7.70. The molecule has 6 nitrogen and oxygen atoms in total. The Morgan fingerprint density at radius 3 is 2.50 bits per heavy atom. The van der Waals surface area contributed by atoms with Crippen LogP contribution in [0.5, 0.6) is 0 Å². The van der Waals surface area contributed by atoms with Gasteiger partial charge in [0.25, 0.3) is 0 Å². The highest BCUT2D eigenvalue weighted by molar-refractivity contribution is 14.0. The van der Waals surface area contributed by atoms with Gasteiger partial charge in [-0.05, 0) is 44.9 Å². The fourth-order valence-corrected chi connectivity index (χ4v) is 3.47. The summed E-state index contributed by atoms with van der Waals surface area (Å²) in [4.78, 5) is 21.9. The molecule has 28 heavy (non-hydrogen) atoms. The average Bonchev–Trinajstić information content (AvgIpc) is 2.94. The SMILES string of the molecule is CCNC(=NCc1sc(C)nc1C)NCC(Cc1ccc(F)cc1)C(N)=O.I. The summed E-state index contributed by atoms with van der Waals surface area (Å²) >= 11 is 1.63. The maximum Gasteiger partial charge on any atom is 0.222 e. The molecule has 0 spiro atoms. The number of hydrogen-bond acceptors (Lipinski definition) is 4. The van der Waals surface area contributed by atoms with E-state index in [4.69, 9.17) is 5.73 Å². The molecular weight excluding hydrogens is 492 g/mol. The zero-order valence-corrected chi connectivity index (χ0v) is 19.4. The lowest BCUT2D eigenvalue weighted by Gasteiger charge is -2.17. The van der Waals surface area contributed by atoms with Crippen LogP contribution in [0, 0.1) is 25.6 Å². The van der Waals surface area contributed by atoms with Crippen LogP contribution in [0.1, 0.15) is 28.1 Å². The summed E-state index contributed by atoms with van der Waals surface area (Å²) in [6, 6.07) is 6.09. The number of aromatic nitrogens is 1. The number of nitrogens with zero attached hydrogens (tertiary/aromatic N) is 2. The summed E-state index contributed by atoms with van der Waals surface area (Å²) < 4.78 is 13.0. The molecule has 1 heterocycles. The zero-order valence-electron chi connectivity index (χ0n) is 16.3. The van der Waals surface area contributed by atoms with Crippen molar-refractivity contribution in [3.63, 3.8) is 0 Å². The van der Waals surface area contributed by atoms with Crippen LogP contribution in [0.15, 0.2) is 29.3 Å². The lowest BCUT2D eigenvalue weighted by molar-refractivity contribution is -0.121. The summed E-state index contributed by atoms with van der Waals surface area (Å²) in [5.74, 6) is -0.515. The first-order valence-corrected chi connectivity index (χ1v) is 9.69. The van der Waals surface area contributed by atoms with Crippen LogP contribution in [0.2, 0.25) is 0 Å². The normalized spacial score (nSPS) is 12.2. The molecule has 1 unspecified atom stereocenters. The van der Waals surface area contributed by atoms with Gasteiger partial charge in [-0.2, -0.15) is 0 Å². The number of halogens is 2. The largest absolute Gasteiger partial charge is 0.369 e. The Labute approximate surface area is 186 Å². The number of rotatable bonds is 8. The smallest absolute Gasteiger partial charge is 0.222 e. The van der Waals surface area contributed by atoms with Gasteiger partial charge in [0.15, 0.2) is 5.96 Å². The Balaban J connectivity index is 0.00000392. The predicted molar refractivity (Wildman–Crippen MR) is 123 cm³/mol. The second kappa shape index (κ2) is 11.9. The van der Waals surface area contributed by atoms with E-state index in [1.807, 2.05) is 20.8 Å². The van der Waals surface area contributed by atoms with Crippen molar-refractivity contribution < 1.29 is 9.18 Å². The molecule has 1 aromatic carbocycles. The first-order chi connectivity index (χ1) is 12.9. The molecule has 1 atom stereocenters. The minimum atomic E-state index is -0.424. The van der Waals surface area contributed by atoms with Crippen molar-refractivity contribution in [2.45, 2.75) is 33.7 Å². The molecule has 1 amide bonds. The Morgan fingerprint density at radius 2 is 1.96 bits per heavy atom. The van der Waals surface area contributed by atoms with E-state index >= 15 is 0 Å². The number of carbonyl (C=O) groups is 1. The second-order valence-electron chi connectivity index (χ2n) is 6.25. The van der Waals surface area contributed by atoms with E-state index < -0.39 is 11.8 Å². The van der Waals surface area contributed by atoms with Crippen LogP contribution in [0.3, 0.4) is 0 Å². The molecule has 1 aromatic heterocycles. The van der Waals surface area contributed by atoms with E-state index in [9.17, 15) is 9.18 Å². The van der Waals surface area contributed by atoms with Crippen molar-refractivity contribution in [1.29, 1.82) is 0 Å². The Kier molecular flexibility index (Phi) is 10.4. The third-order valence-corrected chi connectivity index (χ3v) is 5.10. The standard InChI is InChI=1S/C19H26FN5OS.HI/c1-4-22-19(24-11-17-12(2)25-13(3)27-17)23-10-15(18(21)26)9-14-5-7-16(20)8-6-14;/h5-8,15H,4,9-11H2,1-3H3,(H2,21,26)(H2,22,23,24);1H. The number of aliphatic imine (C=N–C) groups is 1. The molecule has 0 saturated carbocycles. The van der Waals surface area contributed by atoms with E-state index in [0.29, 0.717) is 32.0 Å². The minimum Gasteiger partial charge on any atom is -0.369 e. The molecule has 0 aliphatic rings. The Hall–Kier alpha value is -1.75. The highest BCUT2D eigenvalue weighted by atomic mass is 127. The first-order valence-electron chi connectivity index (χ1n) is 8.87. The van der Waals surface area contributed by atoms with Gasteiger partial charge in [0.1, 0.15) is 5.82 Å². The molecule has 2 rings (SSSR count). The molecular formula is C19H27FIN5OS. The van der Waals surface area contributed by atoms with Gasteiger partial charge in [-0.15, -0.1) is 35.3 Å². The number of thiazole rings is 1. The molecule has 0 aliphatic carbocycles. The van der Waals surface area contributed by atoms with Gasteiger partial charge in [-0.3, -0.25) is 4.79 Å². The number of benzene rings is 1. The lowest BCUT2D eigenvalue weighted by Crippen LogP contribution is -2.43. The monoisotopic (exact) mass is 519 g/mol. The third-order valence-electron chi connectivity index (χ3n) is 4.04. The predicted octanol–water partition coefficient (Wildman–Crippen LogP) is 2.92. The van der Waals surface area contributed by atoms with Gasteiger partial charge in [0.2, 0.25) is 5.91 Å². The van der Waals surface area contributed by atoms with Gasteiger partial charge >= 0.3 is 0 Å². The van der Waals surface area contributed by atoms with Crippen molar-refractivity contribution >= 4 is 47.2 Å². The number of nitrogens with two attached hydrogens (primary N) is 1. The van der Waals surface area contributed by atoms with Crippen molar-refractivity contribution in [3.8, 4) is 0 Å². The summed E-state index contributed by atoms with van der Waals surface area (Å²) in [6.45, 7) is 7.49. The molecule has 154 valence electrons. The number of amides is 1. The maximum atomic E-state index is 13.0. The fraction of sp³-hybridized carbons (Fsp3) is 0.421. The topological polar surface area (TPSA) is 92.4 Å². The van der Waals surface area contributed by atoms with E-state index in [-0.39, 0.29) is 29.8 Å². The number of carbonyl (C=O) groups excluding carboxylic acids is 1. The van der Waals surface area contributed by atoms with E-state index in [1.165, 1.54) is 12.1 Å². The average molecular weight is 519 g/mol. The van der Waals surface area contributed by atoms with E-state index in [0.717, 1.165) is 21.1 Å². The van der Waals surface area contributed by atoms with Gasteiger partial charge in [-0.1, -0.05) is 12.1 Å². The number of aryl methyl sites for hydroxylation is 2. The molecule has 0 bridgehead atoms. The van der Waals surface area contributed by atoms with Crippen LogP contribution in [-0.4, -0.2) is 29.9 Å². The molecule has 0 saturated heterocycles. The van der Waals surface area contributed by atoms with Crippen molar-refractivity contribution in [1.82, 2.24) is 15.6 Å². The van der Waals surface area contributed by atoms with Gasteiger partial charge < -0.3 is 16.4 Å². The van der Waals surface area contributed by atoms with Crippen LogP contribution >= 0.6 is 35.3 Å². The van der Waals surface area contributed by atoms with Gasteiger partial charge in [0, 0.05) is 18.0 Å². The van der Waals surface area contributed by atoms with E-state index in [2.05, 4.69) is 20.6 Å². The summed E-state index contributed by atoms with van der Waals surface area (Å²) in [7, 11) is 0. The number of hydrogen-bond donors (Lipinski definition) is 3. The number of primary amides is 1. The van der Waals surface area contributed by atoms with Crippen LogP contribution in [-0.2, 0) is 17.8 Å². The maximum absolute atomic E-state index is 13.0. The van der Waals surface area contributed by atoms with Gasteiger partial charge in [-0.25, -0.2) is 14.4 Å². The second-order valence-corrected chi connectivity index (χ2v) is 7.54. The molecule has 9 heteroatoms. The summed E-state index contributed by atoms with van der Waals surface area (Å²) in [5, 5.41) is 7.36. The molecule has 0 fully saturated rings. The van der Waals surface area contributed by atoms with Crippen molar-refractivity contribution in [2.75, 3.05) is 13.1 Å². The Bertz CT molecular complexity index is 794. The van der Waals surface area contributed by atoms with Crippen LogP contribution in [0.25, 0.3) is 0 Å². The lowest BCUT2D eigenvalue weighted by atomic mass is 9.98. The number of nitrogens with one attached hydrogen (secondary N) is 2. The highest BCUT2D eigenvalue weighted by Crippen LogP contribution is 2.17. The molecule has 0 aliphatic heterocycles. The molecule has 4 N–H and O–H groups in total. The Morgan fingerprint density at radius 1 is 1.29 bits per heavy atom. The highest BCUT2D eigenvalue weighted by Gasteiger charge is 2.17. The van der Waals surface area contributed by atoms with Crippen molar-refractivity contribution in [3.05, 3.63) is 51.2 Å². The zero-order chi connectivity index (χ0) is 19.8.